The number of rotatable bonds is 4. The molecule has 0 saturated carbocycles. The third-order valence-corrected chi connectivity index (χ3v) is 9.82. The quantitative estimate of drug-likeness (QED) is 0.150. The highest BCUT2D eigenvalue weighted by Gasteiger charge is 2.18. The summed E-state index contributed by atoms with van der Waals surface area (Å²) in [6.07, 6.45) is 0. The fraction of sp³-hybridized carbons (Fsp3) is 0. The minimum absolute atomic E-state index is 0.724. The molecule has 7 aromatic carbocycles. The van der Waals surface area contributed by atoms with Crippen LogP contribution in [-0.2, 0) is 0 Å². The molecule has 9 rings (SSSR count). The molecule has 2 aromatic heterocycles. The molecular weight excluding hydrogens is 565 g/mol. The predicted molar refractivity (Wildman–Crippen MR) is 192 cm³/mol. The van der Waals surface area contributed by atoms with Crippen molar-refractivity contribution in [2.45, 2.75) is 0 Å². The van der Waals surface area contributed by atoms with Gasteiger partial charge in [0.15, 0.2) is 5.82 Å². The molecule has 0 fully saturated rings. The van der Waals surface area contributed by atoms with Gasteiger partial charge in [-0.15, -0.1) is 11.3 Å². The molecule has 0 aliphatic heterocycles. The van der Waals surface area contributed by atoms with Gasteiger partial charge < -0.3 is 0 Å². The summed E-state index contributed by atoms with van der Waals surface area (Å²) in [5, 5.41) is 8.53. The molecule has 2 nitrogen and oxygen atoms in total. The Hall–Kier alpha value is -5.64. The van der Waals surface area contributed by atoms with Gasteiger partial charge in [0.05, 0.1) is 16.3 Å². The lowest BCUT2D eigenvalue weighted by molar-refractivity contribution is 1.19. The third kappa shape index (κ3) is 4.48. The van der Waals surface area contributed by atoms with Crippen molar-refractivity contribution < 1.29 is 0 Å². The van der Waals surface area contributed by atoms with Gasteiger partial charge in [0, 0.05) is 15.8 Å². The Morgan fingerprint density at radius 3 is 1.84 bits per heavy atom. The summed E-state index contributed by atoms with van der Waals surface area (Å²) in [5.74, 6) is 0.724. The Kier molecular flexibility index (Phi) is 6.03. The Labute approximate surface area is 264 Å². The van der Waals surface area contributed by atoms with E-state index in [2.05, 4.69) is 152 Å². The van der Waals surface area contributed by atoms with Gasteiger partial charge >= 0.3 is 0 Å². The highest BCUT2D eigenvalue weighted by Crippen LogP contribution is 2.41. The second-order valence-electron chi connectivity index (χ2n) is 11.4. The van der Waals surface area contributed by atoms with Crippen LogP contribution in [0.25, 0.3) is 86.7 Å². The first kappa shape index (κ1) is 25.8. The van der Waals surface area contributed by atoms with E-state index in [0.717, 1.165) is 33.2 Å². The van der Waals surface area contributed by atoms with Crippen molar-refractivity contribution in [1.29, 1.82) is 0 Å². The maximum Gasteiger partial charge on any atom is 0.160 e. The average molecular weight is 591 g/mol. The summed E-state index contributed by atoms with van der Waals surface area (Å²) in [6.45, 7) is 0. The first-order valence-corrected chi connectivity index (χ1v) is 16.0. The van der Waals surface area contributed by atoms with Gasteiger partial charge in [0.25, 0.3) is 0 Å². The Morgan fingerprint density at radius 1 is 0.378 bits per heavy atom. The maximum absolute atomic E-state index is 5.33. The number of thiophene rings is 1. The van der Waals surface area contributed by atoms with Crippen LogP contribution in [0, 0.1) is 0 Å². The van der Waals surface area contributed by atoms with E-state index < -0.39 is 0 Å². The third-order valence-electron chi connectivity index (χ3n) is 8.68. The Bertz CT molecular complexity index is 2500. The average Bonchev–Trinajstić information content (AvgIpc) is 3.56. The molecule has 0 spiro atoms. The van der Waals surface area contributed by atoms with Crippen molar-refractivity contribution in [1.82, 2.24) is 9.97 Å². The molecule has 0 aliphatic rings. The summed E-state index contributed by atoms with van der Waals surface area (Å²) >= 11 is 1.78. The second-order valence-corrected chi connectivity index (χ2v) is 12.5. The molecular formula is C42H26N2S. The largest absolute Gasteiger partial charge is 0.228 e. The summed E-state index contributed by atoms with van der Waals surface area (Å²) in [5.41, 5.74) is 6.36. The van der Waals surface area contributed by atoms with Crippen LogP contribution >= 0.6 is 11.3 Å². The molecule has 0 radical (unpaired) electrons. The Balaban J connectivity index is 1.32. The van der Waals surface area contributed by atoms with Gasteiger partial charge in [-0.1, -0.05) is 133 Å². The van der Waals surface area contributed by atoms with E-state index in [1.165, 1.54) is 53.5 Å². The zero-order chi connectivity index (χ0) is 29.7. The Morgan fingerprint density at radius 2 is 1.02 bits per heavy atom. The molecule has 2 heterocycles. The number of nitrogens with zero attached hydrogens (tertiary/aromatic N) is 2. The molecule has 0 bridgehead atoms. The number of benzene rings is 7. The SMILES string of the molecule is c1ccc(-c2ccc(-c3nc(-c4cc5ccccc5s4)cc(-c4c5ccccc5cc5c4ccc4ccccc45)n3)cc2)cc1. The van der Waals surface area contributed by atoms with Crippen LogP contribution in [0.4, 0.5) is 0 Å². The minimum atomic E-state index is 0.724. The number of hydrogen-bond acceptors (Lipinski definition) is 3. The van der Waals surface area contributed by atoms with Gasteiger partial charge in [-0.2, -0.15) is 0 Å². The van der Waals surface area contributed by atoms with E-state index in [9.17, 15) is 0 Å². The summed E-state index contributed by atoms with van der Waals surface area (Å²) < 4.78 is 1.25. The molecule has 210 valence electrons. The molecule has 0 atom stereocenters. The van der Waals surface area contributed by atoms with Crippen LogP contribution in [0.1, 0.15) is 0 Å². The van der Waals surface area contributed by atoms with E-state index in [1.807, 2.05) is 6.07 Å². The second kappa shape index (κ2) is 10.5. The topological polar surface area (TPSA) is 25.8 Å². The number of hydrogen-bond donors (Lipinski definition) is 0. The normalized spacial score (nSPS) is 11.6. The molecule has 0 N–H and O–H groups in total. The van der Waals surface area contributed by atoms with Gasteiger partial charge in [-0.25, -0.2) is 9.97 Å². The molecule has 3 heteroatoms. The summed E-state index contributed by atoms with van der Waals surface area (Å²) in [6, 6.07) is 56.2. The highest BCUT2D eigenvalue weighted by molar-refractivity contribution is 7.22. The van der Waals surface area contributed by atoms with Crippen LogP contribution in [0.3, 0.4) is 0 Å². The lowest BCUT2D eigenvalue weighted by Gasteiger charge is -2.15. The first-order chi connectivity index (χ1) is 22.3. The lowest BCUT2D eigenvalue weighted by Crippen LogP contribution is -1.97. The van der Waals surface area contributed by atoms with Crippen LogP contribution in [-0.4, -0.2) is 9.97 Å². The predicted octanol–water partition coefficient (Wildman–Crippen LogP) is 11.8. The van der Waals surface area contributed by atoms with Gasteiger partial charge in [-0.05, 0) is 73.1 Å². The van der Waals surface area contributed by atoms with Crippen LogP contribution < -0.4 is 0 Å². The van der Waals surface area contributed by atoms with Crippen molar-refractivity contribution in [3.8, 4) is 44.3 Å². The van der Waals surface area contributed by atoms with Crippen molar-refractivity contribution in [2.24, 2.45) is 0 Å². The molecule has 0 aliphatic carbocycles. The zero-order valence-electron chi connectivity index (χ0n) is 24.3. The standard InChI is InChI=1S/C42H26N2S/c1-2-10-27(11-3-1)28-18-20-30(21-19-28)42-43-37(40-25-32-14-6-9-17-39(32)45-40)26-38(44-42)41-34-16-8-5-13-31(34)24-36-33-15-7-4-12-29(33)22-23-35(36)41/h1-26H. The lowest BCUT2D eigenvalue weighted by atomic mass is 9.91. The number of fused-ring (bicyclic) bond motifs is 5. The smallest absolute Gasteiger partial charge is 0.160 e. The first-order valence-electron chi connectivity index (χ1n) is 15.2. The van der Waals surface area contributed by atoms with Gasteiger partial charge in [0.2, 0.25) is 0 Å². The van der Waals surface area contributed by atoms with Crippen LogP contribution in [0.15, 0.2) is 158 Å². The van der Waals surface area contributed by atoms with Crippen molar-refractivity contribution in [3.63, 3.8) is 0 Å². The molecule has 45 heavy (non-hydrogen) atoms. The molecule has 0 unspecified atom stereocenters. The highest BCUT2D eigenvalue weighted by atomic mass is 32.1. The zero-order valence-corrected chi connectivity index (χ0v) is 25.1. The van der Waals surface area contributed by atoms with Crippen LogP contribution in [0.2, 0.25) is 0 Å². The number of aromatic nitrogens is 2. The molecule has 0 saturated heterocycles. The fourth-order valence-electron chi connectivity index (χ4n) is 6.48. The summed E-state index contributed by atoms with van der Waals surface area (Å²) in [4.78, 5) is 11.7. The van der Waals surface area contributed by atoms with Gasteiger partial charge in [-0.3, -0.25) is 0 Å². The maximum atomic E-state index is 5.33. The van der Waals surface area contributed by atoms with E-state index in [0.29, 0.717) is 0 Å². The monoisotopic (exact) mass is 590 g/mol. The van der Waals surface area contributed by atoms with E-state index in [-0.39, 0.29) is 0 Å². The van der Waals surface area contributed by atoms with E-state index in [1.54, 1.807) is 11.3 Å². The van der Waals surface area contributed by atoms with Crippen LogP contribution in [0.5, 0.6) is 0 Å². The van der Waals surface area contributed by atoms with Crippen molar-refractivity contribution in [2.75, 3.05) is 0 Å². The minimum Gasteiger partial charge on any atom is -0.228 e. The summed E-state index contributed by atoms with van der Waals surface area (Å²) in [7, 11) is 0. The molecule has 9 aromatic rings. The molecule has 0 amide bonds. The van der Waals surface area contributed by atoms with Gasteiger partial charge in [0.1, 0.15) is 0 Å². The fourth-order valence-corrected chi connectivity index (χ4v) is 7.50. The van der Waals surface area contributed by atoms with Crippen molar-refractivity contribution >= 4 is 53.7 Å². The van der Waals surface area contributed by atoms with E-state index >= 15 is 0 Å². The van der Waals surface area contributed by atoms with Crippen molar-refractivity contribution in [3.05, 3.63) is 158 Å². The van der Waals surface area contributed by atoms with E-state index in [4.69, 9.17) is 9.97 Å².